The molecule has 2 N–H and O–H groups in total. The lowest BCUT2D eigenvalue weighted by atomic mass is 9.91. The van der Waals surface area contributed by atoms with Crippen LogP contribution in [0.2, 0.25) is 0 Å². The minimum absolute atomic E-state index is 0.00134. The van der Waals surface area contributed by atoms with Gasteiger partial charge in [-0.2, -0.15) is 0 Å². The first-order valence-electron chi connectivity index (χ1n) is 8.27. The second kappa shape index (κ2) is 5.34. The lowest BCUT2D eigenvalue weighted by Crippen LogP contribution is -2.59. The van der Waals surface area contributed by atoms with E-state index in [1.54, 1.807) is 0 Å². The maximum Gasteiger partial charge on any atom is 0.0628 e. The van der Waals surface area contributed by atoms with Gasteiger partial charge in [-0.1, -0.05) is 13.8 Å². The summed E-state index contributed by atoms with van der Waals surface area (Å²) in [4.78, 5) is 2.66. The molecule has 0 aromatic heterocycles. The van der Waals surface area contributed by atoms with Crippen LogP contribution >= 0.6 is 0 Å². The Kier molecular flexibility index (Phi) is 3.89. The van der Waals surface area contributed by atoms with Crippen LogP contribution in [0.5, 0.6) is 0 Å². The second-order valence-corrected chi connectivity index (χ2v) is 7.43. The number of rotatable bonds is 7. The highest BCUT2D eigenvalue weighted by atomic mass is 16.3. The summed E-state index contributed by atoms with van der Waals surface area (Å²) in [7, 11) is 0. The van der Waals surface area contributed by atoms with Gasteiger partial charge in [0.25, 0.3) is 0 Å². The topological polar surface area (TPSA) is 35.5 Å². The average molecular weight is 266 g/mol. The maximum absolute atomic E-state index is 10.1. The fourth-order valence-electron chi connectivity index (χ4n) is 3.95. The minimum Gasteiger partial charge on any atom is -0.394 e. The van der Waals surface area contributed by atoms with Gasteiger partial charge in [-0.3, -0.25) is 4.90 Å². The molecule has 3 nitrogen and oxygen atoms in total. The van der Waals surface area contributed by atoms with Crippen molar-refractivity contribution in [2.24, 2.45) is 11.8 Å². The van der Waals surface area contributed by atoms with E-state index in [2.05, 4.69) is 24.1 Å². The highest BCUT2D eigenvalue weighted by Gasteiger charge is 2.49. The predicted octanol–water partition coefficient (Wildman–Crippen LogP) is 2.00. The number of hydrogen-bond donors (Lipinski definition) is 2. The van der Waals surface area contributed by atoms with Crippen LogP contribution in [0.1, 0.15) is 52.4 Å². The molecule has 0 bridgehead atoms. The van der Waals surface area contributed by atoms with Gasteiger partial charge < -0.3 is 10.4 Å². The van der Waals surface area contributed by atoms with Crippen LogP contribution in [0.25, 0.3) is 0 Å². The lowest BCUT2D eigenvalue weighted by Gasteiger charge is -2.40. The van der Waals surface area contributed by atoms with Crippen molar-refractivity contribution in [3.05, 3.63) is 0 Å². The fourth-order valence-corrected chi connectivity index (χ4v) is 3.95. The normalized spacial score (nSPS) is 31.9. The molecule has 0 radical (unpaired) electrons. The molecule has 0 amide bonds. The van der Waals surface area contributed by atoms with Gasteiger partial charge in [0.15, 0.2) is 0 Å². The van der Waals surface area contributed by atoms with Crippen molar-refractivity contribution in [3.63, 3.8) is 0 Å². The Morgan fingerprint density at radius 2 is 1.95 bits per heavy atom. The number of hydrogen-bond acceptors (Lipinski definition) is 3. The van der Waals surface area contributed by atoms with Crippen molar-refractivity contribution >= 4 is 0 Å². The van der Waals surface area contributed by atoms with E-state index >= 15 is 0 Å². The highest BCUT2D eigenvalue weighted by Crippen LogP contribution is 2.43. The molecule has 1 heterocycles. The third kappa shape index (κ3) is 2.98. The summed E-state index contributed by atoms with van der Waals surface area (Å²) in [5.41, 5.74) is -0.00134. The third-order valence-corrected chi connectivity index (χ3v) is 5.38. The predicted molar refractivity (Wildman–Crippen MR) is 78.1 cm³/mol. The first-order chi connectivity index (χ1) is 9.14. The van der Waals surface area contributed by atoms with E-state index in [1.807, 2.05) is 0 Å². The molecule has 1 aliphatic heterocycles. The molecular weight excluding hydrogens is 236 g/mol. The molecule has 3 aliphatic rings. The Morgan fingerprint density at radius 3 is 2.47 bits per heavy atom. The SMILES string of the molecule is CC(C)C1CCCN1CC(CO)(NC1CC1)C1CC1. The van der Waals surface area contributed by atoms with Crippen LogP contribution in [-0.4, -0.2) is 47.3 Å². The molecule has 0 spiro atoms. The van der Waals surface area contributed by atoms with Gasteiger partial charge >= 0.3 is 0 Å². The largest absolute Gasteiger partial charge is 0.394 e. The van der Waals surface area contributed by atoms with Crippen LogP contribution in [0.3, 0.4) is 0 Å². The molecule has 2 unspecified atom stereocenters. The highest BCUT2D eigenvalue weighted by molar-refractivity contribution is 5.07. The molecule has 3 fully saturated rings. The summed E-state index contributed by atoms with van der Waals surface area (Å²) < 4.78 is 0. The van der Waals surface area contributed by atoms with E-state index < -0.39 is 0 Å². The van der Waals surface area contributed by atoms with Crippen molar-refractivity contribution in [3.8, 4) is 0 Å². The van der Waals surface area contributed by atoms with E-state index in [9.17, 15) is 5.11 Å². The molecule has 19 heavy (non-hydrogen) atoms. The molecule has 110 valence electrons. The average Bonchev–Trinajstić information content (AvgIpc) is 3.28. The molecule has 2 aliphatic carbocycles. The Bertz CT molecular complexity index is 312. The summed E-state index contributed by atoms with van der Waals surface area (Å²) in [5.74, 6) is 1.45. The quantitative estimate of drug-likeness (QED) is 0.740. The van der Waals surface area contributed by atoms with Crippen LogP contribution in [0.4, 0.5) is 0 Å². The molecular formula is C16H30N2O. The number of likely N-dealkylation sites (tertiary alicyclic amines) is 1. The smallest absolute Gasteiger partial charge is 0.0628 e. The minimum atomic E-state index is -0.00134. The number of nitrogens with one attached hydrogen (secondary N) is 1. The molecule has 0 aromatic carbocycles. The van der Waals surface area contributed by atoms with Gasteiger partial charge in [0, 0.05) is 18.6 Å². The molecule has 3 rings (SSSR count). The van der Waals surface area contributed by atoms with Crippen molar-refractivity contribution < 1.29 is 5.11 Å². The van der Waals surface area contributed by atoms with Crippen molar-refractivity contribution in [1.82, 2.24) is 10.2 Å². The third-order valence-electron chi connectivity index (χ3n) is 5.38. The number of aliphatic hydroxyl groups excluding tert-OH is 1. The van der Waals surface area contributed by atoms with E-state index in [-0.39, 0.29) is 5.54 Å². The summed E-state index contributed by atoms with van der Waals surface area (Å²) in [5, 5.41) is 13.9. The molecule has 2 atom stereocenters. The first-order valence-corrected chi connectivity index (χ1v) is 8.27. The monoisotopic (exact) mass is 266 g/mol. The zero-order valence-electron chi connectivity index (χ0n) is 12.6. The van der Waals surface area contributed by atoms with Crippen molar-refractivity contribution in [1.29, 1.82) is 0 Å². The maximum atomic E-state index is 10.1. The van der Waals surface area contributed by atoms with Crippen LogP contribution in [-0.2, 0) is 0 Å². The van der Waals surface area contributed by atoms with Crippen molar-refractivity contribution in [2.45, 2.75) is 70.0 Å². The Morgan fingerprint density at radius 1 is 1.21 bits per heavy atom. The van der Waals surface area contributed by atoms with Gasteiger partial charge in [-0.05, 0) is 56.9 Å². The molecule has 1 saturated heterocycles. The van der Waals surface area contributed by atoms with Gasteiger partial charge in [0.1, 0.15) is 0 Å². The number of aliphatic hydroxyl groups is 1. The van der Waals surface area contributed by atoms with E-state index in [0.29, 0.717) is 18.6 Å². The second-order valence-electron chi connectivity index (χ2n) is 7.43. The van der Waals surface area contributed by atoms with E-state index in [0.717, 1.165) is 18.5 Å². The summed E-state index contributed by atoms with van der Waals surface area (Å²) in [6, 6.07) is 1.42. The summed E-state index contributed by atoms with van der Waals surface area (Å²) in [6.45, 7) is 7.29. The fraction of sp³-hybridized carbons (Fsp3) is 1.00. The zero-order chi connectivity index (χ0) is 13.5. The van der Waals surface area contributed by atoms with Gasteiger partial charge in [0.05, 0.1) is 12.1 Å². The van der Waals surface area contributed by atoms with Gasteiger partial charge in [-0.25, -0.2) is 0 Å². The van der Waals surface area contributed by atoms with E-state index in [4.69, 9.17) is 0 Å². The van der Waals surface area contributed by atoms with Gasteiger partial charge in [-0.15, -0.1) is 0 Å². The van der Waals surface area contributed by atoms with Crippen LogP contribution in [0.15, 0.2) is 0 Å². The van der Waals surface area contributed by atoms with E-state index in [1.165, 1.54) is 45.1 Å². The molecule has 3 heteroatoms. The van der Waals surface area contributed by atoms with Crippen molar-refractivity contribution in [2.75, 3.05) is 19.7 Å². The summed E-state index contributed by atoms with van der Waals surface area (Å²) >= 11 is 0. The van der Waals surface area contributed by atoms with Gasteiger partial charge in [0.2, 0.25) is 0 Å². The number of nitrogens with zero attached hydrogens (tertiary/aromatic N) is 1. The Labute approximate surface area is 117 Å². The summed E-state index contributed by atoms with van der Waals surface area (Å²) in [6.07, 6.45) is 7.90. The standard InChI is InChI=1S/C16H30N2O/c1-12(2)15-4-3-9-18(15)10-16(11-19,13-5-6-13)17-14-7-8-14/h12-15,17,19H,3-11H2,1-2H3. The molecule has 0 aromatic rings. The van der Waals surface area contributed by atoms with Crippen LogP contribution in [0, 0.1) is 11.8 Å². The van der Waals surface area contributed by atoms with Crippen LogP contribution < -0.4 is 5.32 Å². The Hall–Kier alpha value is -0.120. The molecule has 2 saturated carbocycles. The zero-order valence-corrected chi connectivity index (χ0v) is 12.6. The lowest BCUT2D eigenvalue weighted by molar-refractivity contribution is 0.0741. The Balaban J connectivity index is 1.69. The first kappa shape index (κ1) is 13.8.